The Morgan fingerprint density at radius 2 is 2.10 bits per heavy atom. The average molecular weight is 277 g/mol. The van der Waals surface area contributed by atoms with Gasteiger partial charge in [-0.2, -0.15) is 5.10 Å². The summed E-state index contributed by atoms with van der Waals surface area (Å²) >= 11 is 0. The molecule has 20 heavy (non-hydrogen) atoms. The summed E-state index contributed by atoms with van der Waals surface area (Å²) in [6, 6.07) is 3.87. The lowest BCUT2D eigenvalue weighted by atomic mass is 9.93. The van der Waals surface area contributed by atoms with Crippen LogP contribution in [0.2, 0.25) is 0 Å². The molecule has 0 saturated carbocycles. The van der Waals surface area contributed by atoms with Gasteiger partial charge in [-0.1, -0.05) is 13.8 Å². The number of aryl methyl sites for hydroxylation is 1. The highest BCUT2D eigenvalue weighted by Gasteiger charge is 2.25. The Labute approximate surface area is 119 Å². The van der Waals surface area contributed by atoms with Crippen LogP contribution in [0.5, 0.6) is 0 Å². The van der Waals surface area contributed by atoms with Gasteiger partial charge in [0.2, 0.25) is 0 Å². The first kappa shape index (κ1) is 14.8. The molecule has 0 atom stereocenters. The molecule has 0 radical (unpaired) electrons. The van der Waals surface area contributed by atoms with Gasteiger partial charge in [0.05, 0.1) is 12.8 Å². The Hall–Kier alpha value is -1.59. The topological polar surface area (TPSA) is 74.1 Å². The van der Waals surface area contributed by atoms with Crippen molar-refractivity contribution >= 4 is 0 Å². The second-order valence-corrected chi connectivity index (χ2v) is 5.18. The lowest BCUT2D eigenvalue weighted by molar-refractivity contribution is 0.149. The van der Waals surface area contributed by atoms with Gasteiger partial charge in [0.25, 0.3) is 0 Å². The Bertz CT molecular complexity index is 533. The zero-order chi connectivity index (χ0) is 14.6. The molecular formula is C15H23N3O2. The zero-order valence-corrected chi connectivity index (χ0v) is 12.4. The number of nitrogens with zero attached hydrogens (tertiary/aromatic N) is 1. The van der Waals surface area contributed by atoms with Gasteiger partial charge in [0.1, 0.15) is 11.5 Å². The van der Waals surface area contributed by atoms with E-state index in [9.17, 15) is 5.11 Å². The van der Waals surface area contributed by atoms with E-state index in [1.54, 1.807) is 6.20 Å². The molecule has 0 unspecified atom stereocenters. The Morgan fingerprint density at radius 3 is 2.65 bits per heavy atom. The first-order valence-corrected chi connectivity index (χ1v) is 7.09. The van der Waals surface area contributed by atoms with Crippen LogP contribution in [-0.2, 0) is 6.54 Å². The smallest absolute Gasteiger partial charge is 0.152 e. The number of aliphatic hydroxyl groups excluding tert-OH is 1. The zero-order valence-electron chi connectivity index (χ0n) is 12.4. The molecule has 2 rings (SSSR count). The summed E-state index contributed by atoms with van der Waals surface area (Å²) in [5.74, 6) is 1.67. The number of furan rings is 1. The Balaban J connectivity index is 2.13. The SMILES string of the molecule is CCC(CC)(CO)NCc1cn[nH]c1-c1ccc(C)o1. The minimum atomic E-state index is -0.229. The summed E-state index contributed by atoms with van der Waals surface area (Å²) in [6.07, 6.45) is 3.56. The van der Waals surface area contributed by atoms with Gasteiger partial charge in [-0.05, 0) is 31.9 Å². The van der Waals surface area contributed by atoms with E-state index in [0.29, 0.717) is 6.54 Å². The van der Waals surface area contributed by atoms with Crippen molar-refractivity contribution in [3.05, 3.63) is 29.7 Å². The molecule has 0 fully saturated rings. The minimum Gasteiger partial charge on any atom is -0.460 e. The van der Waals surface area contributed by atoms with E-state index in [0.717, 1.165) is 35.6 Å². The number of nitrogens with one attached hydrogen (secondary N) is 2. The fraction of sp³-hybridized carbons (Fsp3) is 0.533. The van der Waals surface area contributed by atoms with E-state index in [1.165, 1.54) is 0 Å². The molecule has 5 nitrogen and oxygen atoms in total. The molecule has 2 heterocycles. The molecule has 0 spiro atoms. The van der Waals surface area contributed by atoms with Crippen LogP contribution in [0.15, 0.2) is 22.7 Å². The van der Waals surface area contributed by atoms with Crippen LogP contribution >= 0.6 is 0 Å². The maximum absolute atomic E-state index is 9.59. The lowest BCUT2D eigenvalue weighted by Gasteiger charge is -2.30. The molecule has 0 amide bonds. The number of aromatic amines is 1. The van der Waals surface area contributed by atoms with Crippen LogP contribution in [0.25, 0.3) is 11.5 Å². The van der Waals surface area contributed by atoms with Crippen molar-refractivity contribution in [2.75, 3.05) is 6.61 Å². The van der Waals surface area contributed by atoms with E-state index >= 15 is 0 Å². The normalized spacial score (nSPS) is 12.0. The third kappa shape index (κ3) is 2.94. The number of hydrogen-bond acceptors (Lipinski definition) is 4. The first-order valence-electron chi connectivity index (χ1n) is 7.09. The molecule has 0 bridgehead atoms. The molecule has 0 aliphatic carbocycles. The molecular weight excluding hydrogens is 254 g/mol. The number of aliphatic hydroxyl groups is 1. The predicted molar refractivity (Wildman–Crippen MR) is 78.3 cm³/mol. The summed E-state index contributed by atoms with van der Waals surface area (Å²) in [5.41, 5.74) is 1.71. The summed E-state index contributed by atoms with van der Waals surface area (Å²) in [7, 11) is 0. The van der Waals surface area contributed by atoms with Crippen LogP contribution in [-0.4, -0.2) is 27.4 Å². The van der Waals surface area contributed by atoms with Gasteiger partial charge in [-0.15, -0.1) is 0 Å². The molecule has 0 aliphatic rings. The minimum absolute atomic E-state index is 0.132. The summed E-state index contributed by atoms with van der Waals surface area (Å²) < 4.78 is 5.63. The van der Waals surface area contributed by atoms with Crippen LogP contribution in [0.1, 0.15) is 38.0 Å². The van der Waals surface area contributed by atoms with Gasteiger partial charge in [-0.3, -0.25) is 5.10 Å². The van der Waals surface area contributed by atoms with Gasteiger partial charge >= 0.3 is 0 Å². The molecule has 0 aromatic carbocycles. The second kappa shape index (κ2) is 6.24. The molecule has 2 aromatic heterocycles. The molecule has 0 saturated heterocycles. The number of rotatable bonds is 7. The van der Waals surface area contributed by atoms with Crippen molar-refractivity contribution in [3.63, 3.8) is 0 Å². The van der Waals surface area contributed by atoms with Crippen molar-refractivity contribution in [2.45, 2.75) is 45.7 Å². The largest absolute Gasteiger partial charge is 0.460 e. The molecule has 5 heteroatoms. The van der Waals surface area contributed by atoms with Gasteiger partial charge in [0, 0.05) is 17.6 Å². The van der Waals surface area contributed by atoms with Gasteiger partial charge < -0.3 is 14.8 Å². The fourth-order valence-corrected chi connectivity index (χ4v) is 2.29. The van der Waals surface area contributed by atoms with Crippen molar-refractivity contribution < 1.29 is 9.52 Å². The lowest BCUT2D eigenvalue weighted by Crippen LogP contribution is -2.47. The maximum atomic E-state index is 9.59. The average Bonchev–Trinajstić information content (AvgIpc) is 3.09. The highest BCUT2D eigenvalue weighted by Crippen LogP contribution is 2.24. The van der Waals surface area contributed by atoms with Crippen molar-refractivity contribution in [2.24, 2.45) is 0 Å². The van der Waals surface area contributed by atoms with Crippen molar-refractivity contribution in [1.82, 2.24) is 15.5 Å². The van der Waals surface area contributed by atoms with E-state index in [-0.39, 0.29) is 12.1 Å². The van der Waals surface area contributed by atoms with Crippen LogP contribution in [0.3, 0.4) is 0 Å². The quantitative estimate of drug-likeness (QED) is 0.727. The van der Waals surface area contributed by atoms with E-state index in [1.807, 2.05) is 19.1 Å². The molecule has 0 aliphatic heterocycles. The predicted octanol–water partition coefficient (Wildman–Crippen LogP) is 2.62. The van der Waals surface area contributed by atoms with Gasteiger partial charge in [-0.25, -0.2) is 0 Å². The van der Waals surface area contributed by atoms with Crippen LogP contribution in [0.4, 0.5) is 0 Å². The maximum Gasteiger partial charge on any atom is 0.152 e. The van der Waals surface area contributed by atoms with E-state index in [4.69, 9.17) is 4.42 Å². The van der Waals surface area contributed by atoms with Crippen LogP contribution < -0.4 is 5.32 Å². The summed E-state index contributed by atoms with van der Waals surface area (Å²) in [4.78, 5) is 0. The molecule has 3 N–H and O–H groups in total. The van der Waals surface area contributed by atoms with Crippen LogP contribution in [0, 0.1) is 6.92 Å². The number of aromatic nitrogens is 2. The third-order valence-electron chi connectivity index (χ3n) is 4.01. The summed E-state index contributed by atoms with van der Waals surface area (Å²) in [5, 5.41) is 20.1. The Morgan fingerprint density at radius 1 is 1.35 bits per heavy atom. The number of hydrogen-bond donors (Lipinski definition) is 3. The second-order valence-electron chi connectivity index (χ2n) is 5.18. The third-order valence-corrected chi connectivity index (χ3v) is 4.01. The van der Waals surface area contributed by atoms with E-state index < -0.39 is 0 Å². The molecule has 110 valence electrons. The summed E-state index contributed by atoms with van der Waals surface area (Å²) in [6.45, 7) is 6.86. The number of H-pyrrole nitrogens is 1. The monoisotopic (exact) mass is 277 g/mol. The highest BCUT2D eigenvalue weighted by atomic mass is 16.3. The van der Waals surface area contributed by atoms with Crippen molar-refractivity contribution in [1.29, 1.82) is 0 Å². The fourth-order valence-electron chi connectivity index (χ4n) is 2.29. The standard InChI is InChI=1S/C15H23N3O2/c1-4-15(5-2,10-19)16-8-12-9-17-18-14(12)13-7-6-11(3)20-13/h6-7,9,16,19H,4-5,8,10H2,1-3H3,(H,17,18). The van der Waals surface area contributed by atoms with Crippen molar-refractivity contribution in [3.8, 4) is 11.5 Å². The van der Waals surface area contributed by atoms with E-state index in [2.05, 4.69) is 29.4 Å². The Kier molecular flexibility index (Phi) is 4.62. The highest BCUT2D eigenvalue weighted by molar-refractivity contribution is 5.56. The molecule has 2 aromatic rings. The van der Waals surface area contributed by atoms with Gasteiger partial charge in [0.15, 0.2) is 5.76 Å². The first-order chi connectivity index (χ1) is 9.64.